The molecule has 1 heterocycles. The first kappa shape index (κ1) is 17.9. The summed E-state index contributed by atoms with van der Waals surface area (Å²) in [7, 11) is 0. The third-order valence-corrected chi connectivity index (χ3v) is 9.63. The Morgan fingerprint density at radius 3 is 2.52 bits per heavy atom. The molecule has 0 aromatic rings. The standard InChI is InChI=1S/C23H39NO/c1-6-8-17-20-23(5,14-11-18(25)24-20)16-10-13-22(4)12-7-9-15(22)19(16)21(17,2)3/h15-17,19-20H,6-14H2,1-5H3,(H,24,25)/t15-,16+,17?,19-,20?,22-,23+/m0/s1. The lowest BCUT2D eigenvalue weighted by atomic mass is 9.39. The van der Waals surface area contributed by atoms with Gasteiger partial charge in [-0.3, -0.25) is 4.79 Å². The first-order valence-corrected chi connectivity index (χ1v) is 11.0. The maximum atomic E-state index is 12.3. The summed E-state index contributed by atoms with van der Waals surface area (Å²) in [4.78, 5) is 12.3. The average Bonchev–Trinajstić information content (AvgIpc) is 2.94. The SMILES string of the molecule is CCCC1C2NC(=O)CC[C@]2(C)[C@@H]2CC[C@]3(C)CCC[C@H]3[C@@H]2C1(C)C. The highest BCUT2D eigenvalue weighted by Gasteiger charge is 2.65. The highest BCUT2D eigenvalue weighted by molar-refractivity contribution is 5.77. The van der Waals surface area contributed by atoms with Crippen molar-refractivity contribution < 1.29 is 4.79 Å². The van der Waals surface area contributed by atoms with Gasteiger partial charge in [0.15, 0.2) is 0 Å². The second-order valence-electron chi connectivity index (χ2n) is 11.1. The third-order valence-electron chi connectivity index (χ3n) is 9.63. The fraction of sp³-hybridized carbons (Fsp3) is 0.957. The summed E-state index contributed by atoms with van der Waals surface area (Å²) in [6.45, 7) is 12.6. The van der Waals surface area contributed by atoms with E-state index in [4.69, 9.17) is 0 Å². The summed E-state index contributed by atoms with van der Waals surface area (Å²) >= 11 is 0. The summed E-state index contributed by atoms with van der Waals surface area (Å²) in [5.74, 6) is 3.50. The third kappa shape index (κ3) is 2.38. The van der Waals surface area contributed by atoms with Crippen LogP contribution >= 0.6 is 0 Å². The van der Waals surface area contributed by atoms with Crippen LogP contribution in [0.5, 0.6) is 0 Å². The Morgan fingerprint density at radius 1 is 1.04 bits per heavy atom. The number of hydrogen-bond acceptors (Lipinski definition) is 1. The molecule has 2 nitrogen and oxygen atoms in total. The number of fused-ring (bicyclic) bond motifs is 5. The van der Waals surface area contributed by atoms with Crippen LogP contribution in [-0.2, 0) is 4.79 Å². The summed E-state index contributed by atoms with van der Waals surface area (Å²) in [6, 6.07) is 0.399. The van der Waals surface area contributed by atoms with Crippen LogP contribution in [0.25, 0.3) is 0 Å². The van der Waals surface area contributed by atoms with Gasteiger partial charge < -0.3 is 5.32 Å². The number of piperidine rings is 1. The molecule has 4 rings (SSSR count). The molecule has 1 amide bonds. The van der Waals surface area contributed by atoms with Crippen LogP contribution in [0, 0.1) is 39.9 Å². The lowest BCUT2D eigenvalue weighted by Gasteiger charge is -2.67. The minimum atomic E-state index is 0.305. The molecular formula is C23H39NO. The van der Waals surface area contributed by atoms with Crippen LogP contribution in [0.3, 0.4) is 0 Å². The molecule has 7 atom stereocenters. The topological polar surface area (TPSA) is 29.1 Å². The van der Waals surface area contributed by atoms with Gasteiger partial charge in [0.05, 0.1) is 0 Å². The molecule has 0 spiro atoms. The van der Waals surface area contributed by atoms with Crippen LogP contribution in [0.15, 0.2) is 0 Å². The first-order chi connectivity index (χ1) is 11.7. The van der Waals surface area contributed by atoms with E-state index >= 15 is 0 Å². The molecule has 25 heavy (non-hydrogen) atoms. The molecule has 4 fully saturated rings. The van der Waals surface area contributed by atoms with Gasteiger partial charge in [-0.1, -0.05) is 47.5 Å². The molecule has 4 aliphatic rings. The lowest BCUT2D eigenvalue weighted by molar-refractivity contribution is -0.181. The van der Waals surface area contributed by atoms with Crippen molar-refractivity contribution >= 4 is 5.91 Å². The summed E-state index contributed by atoms with van der Waals surface area (Å²) in [5.41, 5.74) is 1.25. The number of carbonyl (C=O) groups is 1. The molecule has 2 heteroatoms. The second-order valence-corrected chi connectivity index (χ2v) is 11.1. The summed E-state index contributed by atoms with van der Waals surface area (Å²) in [5, 5.41) is 3.51. The zero-order valence-electron chi connectivity index (χ0n) is 17.2. The molecule has 142 valence electrons. The van der Waals surface area contributed by atoms with Crippen molar-refractivity contribution in [1.29, 1.82) is 0 Å². The zero-order chi connectivity index (χ0) is 18.0. The highest BCUT2D eigenvalue weighted by Crippen LogP contribution is 2.69. The quantitative estimate of drug-likeness (QED) is 0.697. The van der Waals surface area contributed by atoms with Crippen LogP contribution in [0.4, 0.5) is 0 Å². The Hall–Kier alpha value is -0.530. The normalized spacial score (nSPS) is 51.2. The predicted molar refractivity (Wildman–Crippen MR) is 103 cm³/mol. The highest BCUT2D eigenvalue weighted by atomic mass is 16.1. The van der Waals surface area contributed by atoms with Gasteiger partial charge in [-0.2, -0.15) is 0 Å². The fourth-order valence-electron chi connectivity index (χ4n) is 8.36. The van der Waals surface area contributed by atoms with Crippen molar-refractivity contribution in [2.24, 2.45) is 39.9 Å². The van der Waals surface area contributed by atoms with E-state index in [0.717, 1.165) is 30.6 Å². The molecule has 3 aliphatic carbocycles. The van der Waals surface area contributed by atoms with Gasteiger partial charge in [-0.15, -0.1) is 0 Å². The van der Waals surface area contributed by atoms with Gasteiger partial charge in [-0.25, -0.2) is 0 Å². The Bertz CT molecular complexity index is 554. The minimum absolute atomic E-state index is 0.305. The van der Waals surface area contributed by atoms with E-state index in [9.17, 15) is 4.79 Å². The van der Waals surface area contributed by atoms with Gasteiger partial charge >= 0.3 is 0 Å². The van der Waals surface area contributed by atoms with E-state index in [1.165, 1.54) is 44.9 Å². The van der Waals surface area contributed by atoms with Crippen LogP contribution in [0.1, 0.15) is 92.4 Å². The van der Waals surface area contributed by atoms with Gasteiger partial charge in [-0.05, 0) is 78.4 Å². The number of hydrogen-bond donors (Lipinski definition) is 1. The molecule has 1 aliphatic heterocycles. The van der Waals surface area contributed by atoms with Crippen molar-refractivity contribution in [3.8, 4) is 0 Å². The zero-order valence-corrected chi connectivity index (χ0v) is 17.2. The largest absolute Gasteiger partial charge is 0.353 e. The molecule has 1 N–H and O–H groups in total. The predicted octanol–water partition coefficient (Wildman–Crippen LogP) is 5.56. The molecule has 3 saturated carbocycles. The van der Waals surface area contributed by atoms with Crippen molar-refractivity contribution in [1.82, 2.24) is 5.32 Å². The average molecular weight is 346 g/mol. The van der Waals surface area contributed by atoms with E-state index in [2.05, 4.69) is 39.9 Å². The maximum absolute atomic E-state index is 12.3. The molecule has 0 bridgehead atoms. The molecule has 2 unspecified atom stereocenters. The molecule has 1 saturated heterocycles. The molecule has 0 radical (unpaired) electrons. The Morgan fingerprint density at radius 2 is 1.80 bits per heavy atom. The maximum Gasteiger partial charge on any atom is 0.220 e. The Balaban J connectivity index is 1.79. The summed E-state index contributed by atoms with van der Waals surface area (Å²) in [6.07, 6.45) is 11.5. The van der Waals surface area contributed by atoms with Crippen molar-refractivity contribution in [3.63, 3.8) is 0 Å². The second kappa shape index (κ2) is 5.73. The number of carbonyl (C=O) groups excluding carboxylic acids is 1. The number of rotatable bonds is 2. The Labute approximate surface area is 154 Å². The summed E-state index contributed by atoms with van der Waals surface area (Å²) < 4.78 is 0. The van der Waals surface area contributed by atoms with Crippen molar-refractivity contribution in [3.05, 3.63) is 0 Å². The fourth-order valence-corrected chi connectivity index (χ4v) is 8.36. The molecular weight excluding hydrogens is 306 g/mol. The smallest absolute Gasteiger partial charge is 0.220 e. The van der Waals surface area contributed by atoms with Crippen LogP contribution in [0.2, 0.25) is 0 Å². The molecule has 0 aromatic heterocycles. The van der Waals surface area contributed by atoms with E-state index in [-0.39, 0.29) is 0 Å². The lowest BCUT2D eigenvalue weighted by Crippen LogP contribution is -2.69. The molecule has 0 aromatic carbocycles. The monoisotopic (exact) mass is 345 g/mol. The number of amides is 1. The van der Waals surface area contributed by atoms with Gasteiger partial charge in [0, 0.05) is 12.5 Å². The van der Waals surface area contributed by atoms with E-state index in [1.807, 2.05) is 0 Å². The first-order valence-electron chi connectivity index (χ1n) is 11.0. The van der Waals surface area contributed by atoms with Crippen LogP contribution < -0.4 is 5.32 Å². The van der Waals surface area contributed by atoms with Gasteiger partial charge in [0.1, 0.15) is 0 Å². The van der Waals surface area contributed by atoms with Crippen molar-refractivity contribution in [2.75, 3.05) is 0 Å². The van der Waals surface area contributed by atoms with Crippen molar-refractivity contribution in [2.45, 2.75) is 98.4 Å². The van der Waals surface area contributed by atoms with Gasteiger partial charge in [0.2, 0.25) is 5.91 Å². The number of nitrogens with one attached hydrogen (secondary N) is 1. The van der Waals surface area contributed by atoms with E-state index in [1.54, 1.807) is 0 Å². The van der Waals surface area contributed by atoms with E-state index < -0.39 is 0 Å². The minimum Gasteiger partial charge on any atom is -0.353 e. The Kier molecular flexibility index (Phi) is 4.10. The van der Waals surface area contributed by atoms with Crippen LogP contribution in [-0.4, -0.2) is 11.9 Å². The van der Waals surface area contributed by atoms with E-state index in [0.29, 0.717) is 34.1 Å². The van der Waals surface area contributed by atoms with Gasteiger partial charge in [0.25, 0.3) is 0 Å².